The zero-order valence-electron chi connectivity index (χ0n) is 14.1. The number of hydrogen-bond acceptors (Lipinski definition) is 6. The van der Waals surface area contributed by atoms with Crippen LogP contribution in [-0.2, 0) is 10.0 Å². The number of aromatic nitrogens is 3. The highest BCUT2D eigenvalue weighted by atomic mass is 32.2. The molecule has 2 aromatic heterocycles. The lowest BCUT2D eigenvalue weighted by atomic mass is 10.2. The van der Waals surface area contributed by atoms with E-state index < -0.39 is 16.1 Å². The standard InChI is InChI=1S/C17H18N4O3S/c1-11-6-8-14(9-7-11)25(22,23)21-13(3)17-19-16(20-24-17)15-5-4-10-18-12(15)2/h4-10,13,21H,1-3H3. The van der Waals surface area contributed by atoms with Gasteiger partial charge in [-0.2, -0.15) is 9.71 Å². The van der Waals surface area contributed by atoms with Crippen LogP contribution in [0.25, 0.3) is 11.4 Å². The summed E-state index contributed by atoms with van der Waals surface area (Å²) in [4.78, 5) is 8.66. The second-order valence-corrected chi connectivity index (χ2v) is 7.46. The summed E-state index contributed by atoms with van der Waals surface area (Å²) in [5, 5.41) is 3.92. The Bertz CT molecular complexity index is 981. The third-order valence-corrected chi connectivity index (χ3v) is 5.28. The summed E-state index contributed by atoms with van der Waals surface area (Å²) in [6.07, 6.45) is 1.68. The molecule has 7 nitrogen and oxygen atoms in total. The van der Waals surface area contributed by atoms with Crippen LogP contribution in [0, 0.1) is 13.8 Å². The van der Waals surface area contributed by atoms with Gasteiger partial charge in [0.25, 0.3) is 0 Å². The molecule has 0 radical (unpaired) electrons. The molecule has 0 bridgehead atoms. The van der Waals surface area contributed by atoms with E-state index in [0.29, 0.717) is 5.82 Å². The van der Waals surface area contributed by atoms with Crippen molar-refractivity contribution in [1.29, 1.82) is 0 Å². The lowest BCUT2D eigenvalue weighted by molar-refractivity contribution is 0.354. The summed E-state index contributed by atoms with van der Waals surface area (Å²) in [6, 6.07) is 9.56. The topological polar surface area (TPSA) is 98.0 Å². The molecule has 0 fully saturated rings. The number of benzene rings is 1. The fourth-order valence-corrected chi connectivity index (χ4v) is 3.51. The van der Waals surface area contributed by atoms with Gasteiger partial charge in [0.2, 0.25) is 21.7 Å². The van der Waals surface area contributed by atoms with Gasteiger partial charge >= 0.3 is 0 Å². The minimum absolute atomic E-state index is 0.188. The van der Waals surface area contributed by atoms with Crippen molar-refractivity contribution < 1.29 is 12.9 Å². The Labute approximate surface area is 146 Å². The van der Waals surface area contributed by atoms with E-state index in [4.69, 9.17) is 4.52 Å². The van der Waals surface area contributed by atoms with Gasteiger partial charge in [0.05, 0.1) is 10.9 Å². The van der Waals surface area contributed by atoms with Crippen LogP contribution in [0.1, 0.15) is 30.1 Å². The van der Waals surface area contributed by atoms with E-state index in [2.05, 4.69) is 19.8 Å². The molecular formula is C17H18N4O3S. The van der Waals surface area contributed by atoms with E-state index >= 15 is 0 Å². The predicted molar refractivity (Wildman–Crippen MR) is 92.2 cm³/mol. The number of nitrogens with zero attached hydrogens (tertiary/aromatic N) is 3. The third-order valence-electron chi connectivity index (χ3n) is 3.72. The molecular weight excluding hydrogens is 340 g/mol. The van der Waals surface area contributed by atoms with Crippen LogP contribution >= 0.6 is 0 Å². The lowest BCUT2D eigenvalue weighted by Gasteiger charge is -2.10. The number of sulfonamides is 1. The van der Waals surface area contributed by atoms with Gasteiger partial charge in [0.15, 0.2) is 0 Å². The first-order chi connectivity index (χ1) is 11.9. The van der Waals surface area contributed by atoms with Gasteiger partial charge in [-0.25, -0.2) is 8.42 Å². The van der Waals surface area contributed by atoms with Gasteiger partial charge in [-0.3, -0.25) is 4.98 Å². The number of nitrogens with one attached hydrogen (secondary N) is 1. The average molecular weight is 358 g/mol. The Balaban J connectivity index is 1.81. The molecule has 3 aromatic rings. The number of aryl methyl sites for hydroxylation is 2. The smallest absolute Gasteiger partial charge is 0.244 e. The summed E-state index contributed by atoms with van der Waals surface area (Å²) >= 11 is 0. The maximum Gasteiger partial charge on any atom is 0.244 e. The van der Waals surface area contributed by atoms with Crippen LogP contribution in [0.4, 0.5) is 0 Å². The van der Waals surface area contributed by atoms with E-state index in [1.807, 2.05) is 19.9 Å². The second kappa shape index (κ2) is 6.73. The summed E-state index contributed by atoms with van der Waals surface area (Å²) in [7, 11) is -3.68. The molecule has 0 amide bonds. The van der Waals surface area contributed by atoms with Gasteiger partial charge in [-0.05, 0) is 45.0 Å². The first-order valence-electron chi connectivity index (χ1n) is 7.71. The first kappa shape index (κ1) is 17.2. The van der Waals surface area contributed by atoms with Crippen molar-refractivity contribution in [3.05, 3.63) is 59.7 Å². The van der Waals surface area contributed by atoms with E-state index in [1.54, 1.807) is 43.5 Å². The Morgan fingerprint density at radius 1 is 1.12 bits per heavy atom. The van der Waals surface area contributed by atoms with Crippen LogP contribution in [0.3, 0.4) is 0 Å². The first-order valence-corrected chi connectivity index (χ1v) is 9.20. The SMILES string of the molecule is Cc1ccc(S(=O)(=O)NC(C)c2nc(-c3cccnc3C)no2)cc1. The van der Waals surface area contributed by atoms with Gasteiger partial charge in [-0.1, -0.05) is 22.9 Å². The molecule has 0 saturated heterocycles. The quantitative estimate of drug-likeness (QED) is 0.753. The molecule has 1 atom stereocenters. The van der Waals surface area contributed by atoms with Crippen molar-refractivity contribution in [1.82, 2.24) is 19.8 Å². The maximum absolute atomic E-state index is 12.4. The molecule has 1 unspecified atom stereocenters. The molecule has 0 spiro atoms. The molecule has 3 rings (SSSR count). The molecule has 25 heavy (non-hydrogen) atoms. The Morgan fingerprint density at radius 3 is 2.52 bits per heavy atom. The van der Waals surface area contributed by atoms with Crippen molar-refractivity contribution in [3.63, 3.8) is 0 Å². The van der Waals surface area contributed by atoms with Crippen molar-refractivity contribution in [2.75, 3.05) is 0 Å². The highest BCUT2D eigenvalue weighted by Crippen LogP contribution is 2.21. The van der Waals surface area contributed by atoms with E-state index in [0.717, 1.165) is 16.8 Å². The van der Waals surface area contributed by atoms with E-state index in [1.165, 1.54) is 0 Å². The summed E-state index contributed by atoms with van der Waals surface area (Å²) in [6.45, 7) is 5.39. The van der Waals surface area contributed by atoms with Crippen LogP contribution in [0.15, 0.2) is 52.0 Å². The summed E-state index contributed by atoms with van der Waals surface area (Å²) in [5.74, 6) is 0.566. The number of pyridine rings is 1. The molecule has 1 aromatic carbocycles. The minimum atomic E-state index is -3.68. The molecule has 0 aliphatic carbocycles. The Kier molecular flexibility index (Phi) is 4.65. The van der Waals surface area contributed by atoms with Gasteiger partial charge in [0, 0.05) is 17.5 Å². The number of rotatable bonds is 5. The maximum atomic E-state index is 12.4. The summed E-state index contributed by atoms with van der Waals surface area (Å²) < 4.78 is 32.7. The summed E-state index contributed by atoms with van der Waals surface area (Å²) in [5.41, 5.74) is 2.49. The molecule has 8 heteroatoms. The fraction of sp³-hybridized carbons (Fsp3) is 0.235. The van der Waals surface area contributed by atoms with Crippen LogP contribution in [-0.4, -0.2) is 23.5 Å². The Hall–Kier alpha value is -2.58. The molecule has 130 valence electrons. The number of hydrogen-bond donors (Lipinski definition) is 1. The molecule has 2 heterocycles. The van der Waals surface area contributed by atoms with Crippen molar-refractivity contribution >= 4 is 10.0 Å². The Morgan fingerprint density at radius 2 is 1.84 bits per heavy atom. The van der Waals surface area contributed by atoms with Crippen LogP contribution in [0.5, 0.6) is 0 Å². The molecule has 0 aliphatic heterocycles. The van der Waals surface area contributed by atoms with Gasteiger partial charge < -0.3 is 4.52 Å². The highest BCUT2D eigenvalue weighted by molar-refractivity contribution is 7.89. The van der Waals surface area contributed by atoms with E-state index in [-0.39, 0.29) is 10.8 Å². The second-order valence-electron chi connectivity index (χ2n) is 5.75. The van der Waals surface area contributed by atoms with Gasteiger partial charge in [0.1, 0.15) is 0 Å². The third kappa shape index (κ3) is 3.75. The lowest BCUT2D eigenvalue weighted by Crippen LogP contribution is -2.27. The highest BCUT2D eigenvalue weighted by Gasteiger charge is 2.23. The average Bonchev–Trinajstić information content (AvgIpc) is 3.05. The van der Waals surface area contributed by atoms with Gasteiger partial charge in [-0.15, -0.1) is 0 Å². The van der Waals surface area contributed by atoms with Crippen molar-refractivity contribution in [2.24, 2.45) is 0 Å². The zero-order chi connectivity index (χ0) is 18.0. The van der Waals surface area contributed by atoms with Crippen LogP contribution < -0.4 is 4.72 Å². The monoisotopic (exact) mass is 358 g/mol. The fourth-order valence-electron chi connectivity index (χ4n) is 2.31. The van der Waals surface area contributed by atoms with Crippen molar-refractivity contribution in [2.45, 2.75) is 31.7 Å². The van der Waals surface area contributed by atoms with E-state index in [9.17, 15) is 8.42 Å². The predicted octanol–water partition coefficient (Wildman–Crippen LogP) is 2.79. The van der Waals surface area contributed by atoms with Crippen molar-refractivity contribution in [3.8, 4) is 11.4 Å². The van der Waals surface area contributed by atoms with Crippen LogP contribution in [0.2, 0.25) is 0 Å². The minimum Gasteiger partial charge on any atom is -0.337 e. The molecule has 0 saturated carbocycles. The molecule has 0 aliphatic rings. The normalized spacial score (nSPS) is 12.9. The molecule has 1 N–H and O–H groups in total. The largest absolute Gasteiger partial charge is 0.337 e. The zero-order valence-corrected chi connectivity index (χ0v) is 14.9.